The Morgan fingerprint density at radius 1 is 1.15 bits per heavy atom. The maximum atomic E-state index is 13.3. The molecule has 2 atom stereocenters. The third-order valence-electron chi connectivity index (χ3n) is 6.71. The van der Waals surface area contributed by atoms with E-state index in [9.17, 15) is 13.2 Å². The average Bonchev–Trinajstić information content (AvgIpc) is 3.28. The molecule has 1 amide bonds. The highest BCUT2D eigenvalue weighted by Crippen LogP contribution is 2.38. The first-order valence-corrected chi connectivity index (χ1v) is 13.2. The van der Waals surface area contributed by atoms with Crippen molar-refractivity contribution in [1.29, 1.82) is 0 Å². The van der Waals surface area contributed by atoms with Crippen LogP contribution in [0.3, 0.4) is 0 Å². The van der Waals surface area contributed by atoms with Gasteiger partial charge in [-0.1, -0.05) is 24.1 Å². The van der Waals surface area contributed by atoms with Crippen molar-refractivity contribution < 1.29 is 13.2 Å². The minimum absolute atomic E-state index is 0.204. The molecule has 2 aromatic rings. The zero-order valence-electron chi connectivity index (χ0n) is 20.6. The quantitative estimate of drug-likeness (QED) is 0.674. The van der Waals surface area contributed by atoms with Crippen LogP contribution in [0.5, 0.6) is 0 Å². The molecule has 0 radical (unpaired) electrons. The van der Waals surface area contributed by atoms with Crippen LogP contribution in [0.2, 0.25) is 0 Å². The minimum atomic E-state index is -3.99. The number of carbonyl (C=O) groups excluding carboxylic acids is 1. The first-order valence-electron chi connectivity index (χ1n) is 11.8. The Bertz CT molecular complexity index is 1190. The number of aryl methyl sites for hydroxylation is 2. The highest BCUT2D eigenvalue weighted by molar-refractivity contribution is 7.87. The molecule has 1 aromatic heterocycles. The number of benzene rings is 1. The van der Waals surface area contributed by atoms with E-state index < -0.39 is 16.1 Å². The number of hydrogen-bond acceptors (Lipinski definition) is 6. The van der Waals surface area contributed by atoms with Crippen LogP contribution in [0.15, 0.2) is 30.3 Å². The molecule has 9 heteroatoms. The highest BCUT2D eigenvalue weighted by Gasteiger charge is 2.39. The summed E-state index contributed by atoms with van der Waals surface area (Å²) < 4.78 is 29.2. The number of carbonyl (C=O) groups is 1. The van der Waals surface area contributed by atoms with Gasteiger partial charge in [-0.05, 0) is 70.7 Å². The molecule has 0 spiro atoms. The molecule has 2 saturated heterocycles. The molecule has 1 aromatic carbocycles. The SMILES string of the molecule is Cc1cc(C)cc(-c2ccc(C(=O)NS(=O)(=O)N3CC[C@H](N)C3)c(N3C[C@@H](C)CC3(C)C)n2)c1. The van der Waals surface area contributed by atoms with Crippen LogP contribution in [0.1, 0.15) is 55.1 Å². The lowest BCUT2D eigenvalue weighted by molar-refractivity contribution is 0.0979. The Balaban J connectivity index is 1.75. The monoisotopic (exact) mass is 485 g/mol. The summed E-state index contributed by atoms with van der Waals surface area (Å²) in [4.78, 5) is 20.4. The molecule has 8 nitrogen and oxygen atoms in total. The van der Waals surface area contributed by atoms with Gasteiger partial charge in [-0.15, -0.1) is 0 Å². The third-order valence-corrected chi connectivity index (χ3v) is 8.17. The van der Waals surface area contributed by atoms with E-state index in [1.165, 1.54) is 4.31 Å². The van der Waals surface area contributed by atoms with Gasteiger partial charge in [-0.3, -0.25) is 4.79 Å². The molecule has 34 heavy (non-hydrogen) atoms. The van der Waals surface area contributed by atoms with Crippen LogP contribution in [0.25, 0.3) is 11.3 Å². The van der Waals surface area contributed by atoms with Crippen molar-refractivity contribution in [2.24, 2.45) is 11.7 Å². The van der Waals surface area contributed by atoms with Crippen molar-refractivity contribution in [3.05, 3.63) is 47.0 Å². The molecule has 0 unspecified atom stereocenters. The lowest BCUT2D eigenvalue weighted by atomic mass is 9.97. The number of nitrogens with one attached hydrogen (secondary N) is 1. The third kappa shape index (κ3) is 4.96. The van der Waals surface area contributed by atoms with Gasteiger partial charge in [0.15, 0.2) is 0 Å². The van der Waals surface area contributed by atoms with Gasteiger partial charge in [0.1, 0.15) is 5.82 Å². The van der Waals surface area contributed by atoms with E-state index in [0.717, 1.165) is 35.3 Å². The van der Waals surface area contributed by atoms with Crippen LogP contribution in [0.4, 0.5) is 5.82 Å². The van der Waals surface area contributed by atoms with Gasteiger partial charge in [-0.25, -0.2) is 9.71 Å². The van der Waals surface area contributed by atoms with E-state index >= 15 is 0 Å². The molecular weight excluding hydrogens is 450 g/mol. The maximum Gasteiger partial charge on any atom is 0.304 e. The first-order chi connectivity index (χ1) is 15.9. The fourth-order valence-corrected chi connectivity index (χ4v) is 6.49. The summed E-state index contributed by atoms with van der Waals surface area (Å²) in [7, 11) is -3.99. The fraction of sp³-hybridized carbons (Fsp3) is 0.520. The lowest BCUT2D eigenvalue weighted by Crippen LogP contribution is -2.44. The van der Waals surface area contributed by atoms with Crippen molar-refractivity contribution in [2.45, 2.75) is 59.0 Å². The maximum absolute atomic E-state index is 13.3. The number of pyridine rings is 1. The second-order valence-electron chi connectivity index (χ2n) is 10.5. The normalized spacial score (nSPS) is 22.8. The molecule has 4 rings (SSSR count). The van der Waals surface area contributed by atoms with Crippen LogP contribution >= 0.6 is 0 Å². The number of nitrogens with zero attached hydrogens (tertiary/aromatic N) is 3. The van der Waals surface area contributed by atoms with Gasteiger partial charge in [0.2, 0.25) is 0 Å². The Labute approximate surface area is 202 Å². The van der Waals surface area contributed by atoms with E-state index in [1.54, 1.807) is 12.1 Å². The van der Waals surface area contributed by atoms with Gasteiger partial charge in [0.25, 0.3) is 5.91 Å². The predicted octanol–water partition coefficient (Wildman–Crippen LogP) is 3.00. The molecular formula is C25H35N5O3S. The number of anilines is 1. The van der Waals surface area contributed by atoms with Crippen LogP contribution in [-0.2, 0) is 10.2 Å². The molecule has 184 valence electrons. The van der Waals surface area contributed by atoms with Gasteiger partial charge < -0.3 is 10.6 Å². The summed E-state index contributed by atoms with van der Waals surface area (Å²) in [5.74, 6) is 0.259. The standard InChI is InChI=1S/C25H35N5O3S/c1-16-10-17(2)12-19(11-16)22-7-6-21(23(27-22)30-14-18(3)13-25(30,4)5)24(31)28-34(32,33)29-9-8-20(26)15-29/h6-7,10-12,18,20H,8-9,13-15,26H2,1-5H3,(H,28,31)/t18-,20-/m0/s1. The molecule has 0 saturated carbocycles. The van der Waals surface area contributed by atoms with Gasteiger partial charge >= 0.3 is 10.2 Å². The van der Waals surface area contributed by atoms with Crippen molar-refractivity contribution in [2.75, 3.05) is 24.5 Å². The van der Waals surface area contributed by atoms with E-state index in [-0.39, 0.29) is 23.7 Å². The number of nitrogens with two attached hydrogens (primary N) is 1. The van der Waals surface area contributed by atoms with Crippen molar-refractivity contribution in [3.8, 4) is 11.3 Å². The smallest absolute Gasteiger partial charge is 0.304 e. The summed E-state index contributed by atoms with van der Waals surface area (Å²) in [6, 6.07) is 9.50. The molecule has 2 aliphatic rings. The number of hydrogen-bond donors (Lipinski definition) is 2. The van der Waals surface area contributed by atoms with E-state index in [1.807, 2.05) is 13.8 Å². The zero-order chi connectivity index (χ0) is 24.8. The van der Waals surface area contributed by atoms with Gasteiger partial charge in [0.05, 0.1) is 11.3 Å². The van der Waals surface area contributed by atoms with Crippen molar-refractivity contribution >= 4 is 21.9 Å². The predicted molar refractivity (Wildman–Crippen MR) is 135 cm³/mol. The second kappa shape index (κ2) is 8.94. The number of rotatable bonds is 5. The summed E-state index contributed by atoms with van der Waals surface area (Å²) >= 11 is 0. The van der Waals surface area contributed by atoms with E-state index in [4.69, 9.17) is 10.7 Å². The summed E-state index contributed by atoms with van der Waals surface area (Å²) in [5, 5.41) is 0. The number of amides is 1. The Morgan fingerprint density at radius 3 is 2.38 bits per heavy atom. The number of aromatic nitrogens is 1. The van der Waals surface area contributed by atoms with Gasteiger partial charge in [0, 0.05) is 36.8 Å². The largest absolute Gasteiger partial charge is 0.351 e. The van der Waals surface area contributed by atoms with Crippen LogP contribution in [0, 0.1) is 19.8 Å². The molecule has 3 N–H and O–H groups in total. The lowest BCUT2D eigenvalue weighted by Gasteiger charge is -2.34. The van der Waals surface area contributed by atoms with Gasteiger partial charge in [-0.2, -0.15) is 12.7 Å². The molecule has 0 aliphatic carbocycles. The molecule has 3 heterocycles. The Kier molecular flexibility index (Phi) is 6.48. The van der Waals surface area contributed by atoms with Crippen molar-refractivity contribution in [3.63, 3.8) is 0 Å². The minimum Gasteiger partial charge on any atom is -0.351 e. The second-order valence-corrected chi connectivity index (χ2v) is 12.2. The molecule has 0 bridgehead atoms. The van der Waals surface area contributed by atoms with Crippen molar-refractivity contribution in [1.82, 2.24) is 14.0 Å². The van der Waals surface area contributed by atoms with Crippen LogP contribution < -0.4 is 15.4 Å². The highest BCUT2D eigenvalue weighted by atomic mass is 32.2. The first kappa shape index (κ1) is 24.6. The Hall–Kier alpha value is -2.49. The topological polar surface area (TPSA) is 109 Å². The zero-order valence-corrected chi connectivity index (χ0v) is 21.4. The molecule has 2 fully saturated rings. The summed E-state index contributed by atoms with van der Waals surface area (Å²) in [6.45, 7) is 11.8. The van der Waals surface area contributed by atoms with Crippen LogP contribution in [-0.4, -0.2) is 54.8 Å². The fourth-order valence-electron chi connectivity index (χ4n) is 5.28. The van der Waals surface area contributed by atoms with E-state index in [0.29, 0.717) is 24.7 Å². The summed E-state index contributed by atoms with van der Waals surface area (Å²) in [5.41, 5.74) is 9.88. The average molecular weight is 486 g/mol. The summed E-state index contributed by atoms with van der Waals surface area (Å²) in [6.07, 6.45) is 1.53. The molecule has 2 aliphatic heterocycles. The Morgan fingerprint density at radius 2 is 1.82 bits per heavy atom. The van der Waals surface area contributed by atoms with E-state index in [2.05, 4.69) is 48.6 Å².